The van der Waals surface area contributed by atoms with Crippen molar-refractivity contribution in [3.05, 3.63) is 60.2 Å². The Bertz CT molecular complexity index is 1090. The molecule has 2 fully saturated rings. The lowest BCUT2D eigenvalue weighted by Crippen LogP contribution is -2.58. The fraction of sp³-hybridized carbons (Fsp3) is 0.567. The number of hydrogen-bond donors (Lipinski definition) is 1. The molecule has 4 aliphatic rings. The van der Waals surface area contributed by atoms with Gasteiger partial charge in [0, 0.05) is 13.1 Å². The molecule has 1 aromatic carbocycles. The van der Waals surface area contributed by atoms with Crippen molar-refractivity contribution >= 4 is 17.8 Å². The highest BCUT2D eigenvalue weighted by atomic mass is 16.6. The van der Waals surface area contributed by atoms with Crippen LogP contribution in [0, 0.1) is 11.8 Å². The lowest BCUT2D eigenvalue weighted by Gasteiger charge is -2.38. The van der Waals surface area contributed by atoms with Gasteiger partial charge in [0.15, 0.2) is 0 Å². The zero-order chi connectivity index (χ0) is 26.7. The summed E-state index contributed by atoms with van der Waals surface area (Å²) in [4.78, 5) is 45.3. The number of allylic oxidation sites excluding steroid dienone is 1. The van der Waals surface area contributed by atoms with Gasteiger partial charge in [-0.3, -0.25) is 14.4 Å². The molecule has 204 valence electrons. The van der Waals surface area contributed by atoms with E-state index in [1.165, 1.54) is 4.90 Å². The molecule has 8 nitrogen and oxygen atoms in total. The van der Waals surface area contributed by atoms with Gasteiger partial charge in [-0.25, -0.2) is 0 Å². The van der Waals surface area contributed by atoms with Crippen LogP contribution in [0.3, 0.4) is 0 Å². The van der Waals surface area contributed by atoms with E-state index in [1.54, 1.807) is 4.90 Å². The molecule has 4 aliphatic heterocycles. The van der Waals surface area contributed by atoms with Crippen molar-refractivity contribution < 1.29 is 29.0 Å². The molecule has 8 heteroatoms. The number of carbonyl (C=O) groups is 3. The molecule has 0 aromatic heterocycles. The maximum absolute atomic E-state index is 14.4. The Morgan fingerprint density at radius 2 is 1.92 bits per heavy atom. The molecule has 6 atom stereocenters. The van der Waals surface area contributed by atoms with E-state index in [1.807, 2.05) is 54.6 Å². The highest BCUT2D eigenvalue weighted by Crippen LogP contribution is 2.53. The van der Waals surface area contributed by atoms with Crippen LogP contribution in [0.4, 0.5) is 0 Å². The van der Waals surface area contributed by atoms with E-state index < -0.39 is 41.6 Å². The van der Waals surface area contributed by atoms with Gasteiger partial charge in [0.1, 0.15) is 17.6 Å². The van der Waals surface area contributed by atoms with Crippen LogP contribution in [0.15, 0.2) is 54.6 Å². The Hall–Kier alpha value is -2.97. The number of nitrogens with zero attached hydrogens (tertiary/aromatic N) is 2. The topological polar surface area (TPSA) is 96.4 Å². The Morgan fingerprint density at radius 1 is 1.11 bits per heavy atom. The van der Waals surface area contributed by atoms with Crippen LogP contribution in [0.2, 0.25) is 0 Å². The van der Waals surface area contributed by atoms with Crippen molar-refractivity contribution in [1.82, 2.24) is 9.80 Å². The average Bonchev–Trinajstić information content (AvgIpc) is 3.32. The van der Waals surface area contributed by atoms with Crippen molar-refractivity contribution in [2.24, 2.45) is 11.8 Å². The Labute approximate surface area is 224 Å². The maximum Gasteiger partial charge on any atom is 0.312 e. The Kier molecular flexibility index (Phi) is 8.00. The Balaban J connectivity index is 1.59. The van der Waals surface area contributed by atoms with Crippen LogP contribution >= 0.6 is 0 Å². The molecule has 0 saturated carbocycles. The van der Waals surface area contributed by atoms with Crippen LogP contribution in [-0.2, 0) is 30.3 Å². The third kappa shape index (κ3) is 4.69. The number of likely N-dealkylation sites (tertiary alicyclic amines) is 1. The summed E-state index contributed by atoms with van der Waals surface area (Å²) in [7, 11) is 0. The predicted octanol–water partition coefficient (Wildman–Crippen LogP) is 2.65. The largest absolute Gasteiger partial charge is 0.465 e. The van der Waals surface area contributed by atoms with Gasteiger partial charge in [-0.05, 0) is 37.7 Å². The standard InChI is InChI=1S/C30H38N2O6/c1-2-3-16-31-17-11-15-30-25(24-23(38-30)14-9-4-5-10-18-37-29(24)36)27(34)32(26(30)28(31)35)22(20-33)19-21-12-7-6-8-13-21/h6-9,11-15,22-26,33H,2-5,10,16-20H2,1H3/b14-9-/t22-,23+,24-,25+,26?,30+/m1/s1. The van der Waals surface area contributed by atoms with Gasteiger partial charge in [0.25, 0.3) is 0 Å². The number of rotatable bonds is 7. The highest BCUT2D eigenvalue weighted by molar-refractivity contribution is 5.99. The molecule has 0 aliphatic carbocycles. The normalized spacial score (nSPS) is 32.7. The first-order valence-electron chi connectivity index (χ1n) is 14.0. The van der Waals surface area contributed by atoms with Crippen LogP contribution in [0.1, 0.15) is 44.6 Å². The number of carbonyl (C=O) groups excluding carboxylic acids is 3. The van der Waals surface area contributed by atoms with Crippen molar-refractivity contribution in [3.8, 4) is 0 Å². The van der Waals surface area contributed by atoms with Gasteiger partial charge in [-0.1, -0.05) is 68.0 Å². The summed E-state index contributed by atoms with van der Waals surface area (Å²) >= 11 is 0. The van der Waals surface area contributed by atoms with E-state index in [9.17, 15) is 19.5 Å². The minimum Gasteiger partial charge on any atom is -0.465 e. The third-order valence-corrected chi connectivity index (χ3v) is 8.32. The number of unbranched alkanes of at least 4 members (excludes halogenated alkanes) is 1. The lowest BCUT2D eigenvalue weighted by atomic mass is 9.78. The van der Waals surface area contributed by atoms with Crippen molar-refractivity contribution in [2.75, 3.05) is 26.3 Å². The predicted molar refractivity (Wildman–Crippen MR) is 141 cm³/mol. The molecule has 4 heterocycles. The van der Waals surface area contributed by atoms with Gasteiger partial charge >= 0.3 is 5.97 Å². The van der Waals surface area contributed by atoms with E-state index in [0.29, 0.717) is 26.1 Å². The summed E-state index contributed by atoms with van der Waals surface area (Å²) < 4.78 is 12.3. The van der Waals surface area contributed by atoms with E-state index in [2.05, 4.69) is 6.92 Å². The fourth-order valence-corrected chi connectivity index (χ4v) is 6.48. The first-order chi connectivity index (χ1) is 18.5. The van der Waals surface area contributed by atoms with Crippen molar-refractivity contribution in [1.29, 1.82) is 0 Å². The summed E-state index contributed by atoms with van der Waals surface area (Å²) in [5.74, 6) is -2.78. The van der Waals surface area contributed by atoms with E-state index in [-0.39, 0.29) is 18.4 Å². The molecule has 0 radical (unpaired) electrons. The van der Waals surface area contributed by atoms with Crippen LogP contribution in [-0.4, -0.2) is 82.8 Å². The number of hydrogen-bond acceptors (Lipinski definition) is 6. The number of esters is 1. The molecular weight excluding hydrogens is 484 g/mol. The van der Waals surface area contributed by atoms with Gasteiger partial charge in [-0.15, -0.1) is 0 Å². The minimum atomic E-state index is -1.31. The summed E-state index contributed by atoms with van der Waals surface area (Å²) in [6, 6.07) is 8.00. The molecule has 2 amide bonds. The van der Waals surface area contributed by atoms with Crippen LogP contribution in [0.25, 0.3) is 0 Å². The zero-order valence-corrected chi connectivity index (χ0v) is 22.0. The fourth-order valence-electron chi connectivity index (χ4n) is 6.48. The van der Waals surface area contributed by atoms with Gasteiger partial charge in [0.05, 0.1) is 31.3 Å². The van der Waals surface area contributed by atoms with Crippen molar-refractivity contribution in [2.45, 2.75) is 69.2 Å². The number of fused-ring (bicyclic) bond motifs is 2. The summed E-state index contributed by atoms with van der Waals surface area (Å²) in [5, 5.41) is 10.5. The van der Waals surface area contributed by atoms with Gasteiger partial charge in [0.2, 0.25) is 11.8 Å². The number of ether oxygens (including phenoxy) is 2. The molecule has 0 bridgehead atoms. The molecule has 38 heavy (non-hydrogen) atoms. The smallest absolute Gasteiger partial charge is 0.312 e. The first-order valence-corrected chi connectivity index (χ1v) is 14.0. The number of benzene rings is 1. The number of cyclic esters (lactones) is 1. The second-order valence-electron chi connectivity index (χ2n) is 10.7. The van der Waals surface area contributed by atoms with Crippen LogP contribution < -0.4 is 0 Å². The van der Waals surface area contributed by atoms with Gasteiger partial charge in [-0.2, -0.15) is 0 Å². The number of amides is 2. The summed E-state index contributed by atoms with van der Waals surface area (Å²) in [6.45, 7) is 3.03. The molecule has 1 aromatic rings. The third-order valence-electron chi connectivity index (χ3n) is 8.32. The molecule has 5 rings (SSSR count). The first kappa shape index (κ1) is 26.6. The second kappa shape index (κ2) is 11.4. The summed E-state index contributed by atoms with van der Waals surface area (Å²) in [5.41, 5.74) is -0.365. The molecule has 2 saturated heterocycles. The maximum atomic E-state index is 14.4. The van der Waals surface area contributed by atoms with E-state index in [0.717, 1.165) is 37.7 Å². The van der Waals surface area contributed by atoms with E-state index in [4.69, 9.17) is 9.47 Å². The van der Waals surface area contributed by atoms with Gasteiger partial charge < -0.3 is 24.4 Å². The molecular formula is C30H38N2O6. The monoisotopic (exact) mass is 522 g/mol. The Morgan fingerprint density at radius 3 is 2.68 bits per heavy atom. The average molecular weight is 523 g/mol. The van der Waals surface area contributed by atoms with Crippen molar-refractivity contribution in [3.63, 3.8) is 0 Å². The number of aliphatic hydroxyl groups is 1. The zero-order valence-electron chi connectivity index (χ0n) is 22.0. The summed E-state index contributed by atoms with van der Waals surface area (Å²) in [6.07, 6.45) is 11.6. The van der Waals surface area contributed by atoms with E-state index >= 15 is 0 Å². The molecule has 1 unspecified atom stereocenters. The SMILES string of the molecule is CCCCN1CC=C[C@]23O[C@H]4/C=C\CCCCOC(=O)[C@H]4[C@H]2C(=O)N([C@@H](CO)Cc2ccccc2)C3C1=O. The van der Waals surface area contributed by atoms with Crippen LogP contribution in [0.5, 0.6) is 0 Å². The quantitative estimate of drug-likeness (QED) is 0.437. The molecule has 1 N–H and O–H groups in total. The minimum absolute atomic E-state index is 0.202. The highest BCUT2D eigenvalue weighted by Gasteiger charge is 2.72. The second-order valence-corrected chi connectivity index (χ2v) is 10.7. The lowest BCUT2D eigenvalue weighted by molar-refractivity contribution is -0.156. The molecule has 1 spiro atoms. The number of aliphatic hydroxyl groups excluding tert-OH is 1.